The Hall–Kier alpha value is -1.62. The third-order valence-electron chi connectivity index (χ3n) is 2.04. The molecule has 17 heavy (non-hydrogen) atoms. The Morgan fingerprint density at radius 1 is 1.35 bits per heavy atom. The second kappa shape index (κ2) is 6.20. The average molecular weight is 298 g/mol. The zero-order valence-corrected chi connectivity index (χ0v) is 10.8. The highest BCUT2D eigenvalue weighted by Crippen LogP contribution is 2.11. The molecule has 0 heterocycles. The Kier molecular flexibility index (Phi) is 4.90. The first-order chi connectivity index (χ1) is 7.99. The highest BCUT2D eigenvalue weighted by atomic mass is 79.9. The van der Waals surface area contributed by atoms with E-state index in [-0.39, 0.29) is 12.5 Å². The summed E-state index contributed by atoms with van der Waals surface area (Å²) in [6.07, 6.45) is 3.00. The average Bonchev–Trinajstić information content (AvgIpc) is 2.27. The van der Waals surface area contributed by atoms with Crippen molar-refractivity contribution in [3.63, 3.8) is 0 Å². The van der Waals surface area contributed by atoms with Crippen LogP contribution in [0.5, 0.6) is 0 Å². The Morgan fingerprint density at radius 2 is 1.94 bits per heavy atom. The largest absolute Gasteiger partial charge is 0.480 e. The minimum Gasteiger partial charge on any atom is -0.480 e. The molecule has 1 amide bonds. The van der Waals surface area contributed by atoms with Crippen LogP contribution in [0.15, 0.2) is 34.8 Å². The Balaban J connectivity index is 2.61. The summed E-state index contributed by atoms with van der Waals surface area (Å²) in [6, 6.07) is 7.44. The van der Waals surface area contributed by atoms with Gasteiger partial charge in [-0.25, -0.2) is 0 Å². The number of carbonyl (C=O) groups is 2. The fourth-order valence-electron chi connectivity index (χ4n) is 1.15. The highest BCUT2D eigenvalue weighted by molar-refractivity contribution is 9.10. The van der Waals surface area contributed by atoms with E-state index in [1.54, 1.807) is 6.08 Å². The molecule has 0 atom stereocenters. The molecule has 0 aliphatic rings. The first-order valence-corrected chi connectivity index (χ1v) is 5.69. The van der Waals surface area contributed by atoms with Crippen LogP contribution >= 0.6 is 15.9 Å². The predicted octanol–water partition coefficient (Wildman–Crippen LogP) is 2.01. The van der Waals surface area contributed by atoms with E-state index in [0.717, 1.165) is 14.9 Å². The van der Waals surface area contributed by atoms with E-state index < -0.39 is 5.97 Å². The minimum atomic E-state index is -1.03. The zero-order valence-electron chi connectivity index (χ0n) is 9.26. The normalized spacial score (nSPS) is 10.5. The zero-order chi connectivity index (χ0) is 12.8. The molecule has 0 saturated carbocycles. The van der Waals surface area contributed by atoms with Gasteiger partial charge in [0.15, 0.2) is 0 Å². The van der Waals surface area contributed by atoms with Crippen molar-refractivity contribution in [2.75, 3.05) is 13.6 Å². The SMILES string of the molecule is CN(CC(=O)O)C(=O)/C=C/c1ccc(Br)cc1. The summed E-state index contributed by atoms with van der Waals surface area (Å²) >= 11 is 3.31. The van der Waals surface area contributed by atoms with Gasteiger partial charge < -0.3 is 10.0 Å². The number of carboxylic acid groups (broad SMARTS) is 1. The third kappa shape index (κ3) is 4.82. The van der Waals surface area contributed by atoms with Crippen LogP contribution in [-0.2, 0) is 9.59 Å². The van der Waals surface area contributed by atoms with E-state index in [2.05, 4.69) is 15.9 Å². The van der Waals surface area contributed by atoms with Crippen LogP contribution in [0.4, 0.5) is 0 Å². The van der Waals surface area contributed by atoms with Crippen molar-refractivity contribution in [1.29, 1.82) is 0 Å². The van der Waals surface area contributed by atoms with Crippen molar-refractivity contribution < 1.29 is 14.7 Å². The van der Waals surface area contributed by atoms with E-state index >= 15 is 0 Å². The van der Waals surface area contributed by atoms with Gasteiger partial charge in [0.05, 0.1) is 0 Å². The van der Waals surface area contributed by atoms with E-state index in [4.69, 9.17) is 5.11 Å². The quantitative estimate of drug-likeness (QED) is 0.865. The molecule has 5 heteroatoms. The highest BCUT2D eigenvalue weighted by Gasteiger charge is 2.08. The van der Waals surface area contributed by atoms with Crippen LogP contribution in [0.3, 0.4) is 0 Å². The van der Waals surface area contributed by atoms with Gasteiger partial charge >= 0.3 is 5.97 Å². The van der Waals surface area contributed by atoms with Crippen LogP contribution in [0.25, 0.3) is 6.08 Å². The van der Waals surface area contributed by atoms with Gasteiger partial charge in [-0.15, -0.1) is 0 Å². The first-order valence-electron chi connectivity index (χ1n) is 4.89. The molecule has 0 aliphatic carbocycles. The molecule has 4 nitrogen and oxygen atoms in total. The molecule has 0 unspecified atom stereocenters. The second-order valence-electron chi connectivity index (χ2n) is 3.47. The number of aliphatic carboxylic acids is 1. The number of amides is 1. The van der Waals surface area contributed by atoms with Crippen LogP contribution < -0.4 is 0 Å². The van der Waals surface area contributed by atoms with Gasteiger partial charge in [0, 0.05) is 17.6 Å². The van der Waals surface area contributed by atoms with Crippen LogP contribution in [-0.4, -0.2) is 35.5 Å². The molecule has 1 aromatic carbocycles. The van der Waals surface area contributed by atoms with Crippen LogP contribution in [0, 0.1) is 0 Å². The minimum absolute atomic E-state index is 0.302. The third-order valence-corrected chi connectivity index (χ3v) is 2.57. The Morgan fingerprint density at radius 3 is 2.47 bits per heavy atom. The Labute approximate surface area is 108 Å². The van der Waals surface area contributed by atoms with E-state index in [1.165, 1.54) is 13.1 Å². The molecule has 1 N–H and O–H groups in total. The maximum atomic E-state index is 11.5. The van der Waals surface area contributed by atoms with E-state index in [0.29, 0.717) is 0 Å². The number of carboxylic acids is 1. The van der Waals surface area contributed by atoms with Crippen molar-refractivity contribution in [2.24, 2.45) is 0 Å². The fraction of sp³-hybridized carbons (Fsp3) is 0.167. The lowest BCUT2D eigenvalue weighted by Gasteiger charge is -2.11. The van der Waals surface area contributed by atoms with Gasteiger partial charge in [0.1, 0.15) is 6.54 Å². The molecule has 0 bridgehead atoms. The fourth-order valence-corrected chi connectivity index (χ4v) is 1.41. The number of benzene rings is 1. The van der Waals surface area contributed by atoms with Gasteiger partial charge in [0.2, 0.25) is 5.91 Å². The summed E-state index contributed by atoms with van der Waals surface area (Å²) in [7, 11) is 1.45. The molecular formula is C12H12BrNO3. The lowest BCUT2D eigenvalue weighted by molar-refractivity contribution is -0.141. The molecular weight excluding hydrogens is 286 g/mol. The number of likely N-dealkylation sites (N-methyl/N-ethyl adjacent to an activating group) is 1. The molecule has 0 aliphatic heterocycles. The number of rotatable bonds is 4. The smallest absolute Gasteiger partial charge is 0.323 e. The molecule has 90 valence electrons. The number of hydrogen-bond donors (Lipinski definition) is 1. The Bertz CT molecular complexity index is 440. The van der Waals surface area contributed by atoms with Crippen molar-refractivity contribution in [3.8, 4) is 0 Å². The van der Waals surface area contributed by atoms with Crippen molar-refractivity contribution in [3.05, 3.63) is 40.4 Å². The summed E-state index contributed by atoms with van der Waals surface area (Å²) in [6.45, 7) is -0.302. The summed E-state index contributed by atoms with van der Waals surface area (Å²) < 4.78 is 0.962. The lowest BCUT2D eigenvalue weighted by Crippen LogP contribution is -2.30. The lowest BCUT2D eigenvalue weighted by atomic mass is 10.2. The molecule has 0 aromatic heterocycles. The maximum absolute atomic E-state index is 11.5. The topological polar surface area (TPSA) is 57.6 Å². The van der Waals surface area contributed by atoms with Crippen LogP contribution in [0.2, 0.25) is 0 Å². The maximum Gasteiger partial charge on any atom is 0.323 e. The summed E-state index contributed by atoms with van der Waals surface area (Å²) in [5.41, 5.74) is 0.880. The predicted molar refractivity (Wildman–Crippen MR) is 68.4 cm³/mol. The van der Waals surface area contributed by atoms with Gasteiger partial charge in [-0.1, -0.05) is 28.1 Å². The van der Waals surface area contributed by atoms with Gasteiger partial charge in [-0.2, -0.15) is 0 Å². The molecule has 1 aromatic rings. The number of carbonyl (C=O) groups excluding carboxylic acids is 1. The van der Waals surface area contributed by atoms with Crippen LogP contribution in [0.1, 0.15) is 5.56 Å². The summed E-state index contributed by atoms with van der Waals surface area (Å²) in [4.78, 5) is 23.0. The summed E-state index contributed by atoms with van der Waals surface area (Å²) in [5, 5.41) is 8.53. The number of nitrogens with zero attached hydrogens (tertiary/aromatic N) is 1. The first kappa shape index (κ1) is 13.4. The number of halogens is 1. The second-order valence-corrected chi connectivity index (χ2v) is 4.39. The molecule has 0 fully saturated rings. The molecule has 1 rings (SSSR count). The molecule has 0 radical (unpaired) electrons. The standard InChI is InChI=1S/C12H12BrNO3/c1-14(8-12(16)17)11(15)7-4-9-2-5-10(13)6-3-9/h2-7H,8H2,1H3,(H,16,17)/b7-4+. The van der Waals surface area contributed by atoms with Crippen molar-refractivity contribution >= 4 is 33.9 Å². The number of hydrogen-bond acceptors (Lipinski definition) is 2. The monoisotopic (exact) mass is 297 g/mol. The molecule has 0 spiro atoms. The van der Waals surface area contributed by atoms with Gasteiger partial charge in [-0.05, 0) is 23.8 Å². The van der Waals surface area contributed by atoms with Gasteiger partial charge in [-0.3, -0.25) is 9.59 Å². The van der Waals surface area contributed by atoms with E-state index in [1.807, 2.05) is 24.3 Å². The summed E-state index contributed by atoms with van der Waals surface area (Å²) in [5.74, 6) is -1.37. The molecule has 0 saturated heterocycles. The van der Waals surface area contributed by atoms with Crippen molar-refractivity contribution in [1.82, 2.24) is 4.90 Å². The van der Waals surface area contributed by atoms with Crippen molar-refractivity contribution in [2.45, 2.75) is 0 Å². The van der Waals surface area contributed by atoms with E-state index in [9.17, 15) is 9.59 Å². The van der Waals surface area contributed by atoms with Gasteiger partial charge in [0.25, 0.3) is 0 Å².